The van der Waals surface area contributed by atoms with Gasteiger partial charge in [-0.15, -0.1) is 0 Å². The summed E-state index contributed by atoms with van der Waals surface area (Å²) >= 11 is 4.23. The molecule has 84 valence electrons. The molecule has 0 rings (SSSR count). The van der Waals surface area contributed by atoms with E-state index in [1.165, 1.54) is 5.57 Å². The SMILES string of the molecule is C=C(CS)CN(CC)C(C)CN(C)C. The van der Waals surface area contributed by atoms with E-state index in [1.54, 1.807) is 0 Å². The number of rotatable bonds is 7. The van der Waals surface area contributed by atoms with Gasteiger partial charge in [-0.3, -0.25) is 4.90 Å². The lowest BCUT2D eigenvalue weighted by Crippen LogP contribution is -2.41. The van der Waals surface area contributed by atoms with Gasteiger partial charge in [0.25, 0.3) is 0 Å². The van der Waals surface area contributed by atoms with Crippen LogP contribution in [-0.2, 0) is 0 Å². The van der Waals surface area contributed by atoms with Gasteiger partial charge in [-0.25, -0.2) is 0 Å². The third-order valence-electron chi connectivity index (χ3n) is 2.31. The average molecular weight is 216 g/mol. The molecule has 0 spiro atoms. The van der Waals surface area contributed by atoms with Crippen molar-refractivity contribution in [2.75, 3.05) is 39.5 Å². The first kappa shape index (κ1) is 14.0. The predicted molar refractivity (Wildman–Crippen MR) is 68.3 cm³/mol. The lowest BCUT2D eigenvalue weighted by molar-refractivity contribution is 0.195. The van der Waals surface area contributed by atoms with Crippen LogP contribution in [0.25, 0.3) is 0 Å². The van der Waals surface area contributed by atoms with Gasteiger partial charge in [0.2, 0.25) is 0 Å². The Balaban J connectivity index is 4.04. The predicted octanol–water partition coefficient (Wildman–Crippen LogP) is 1.74. The van der Waals surface area contributed by atoms with Crippen molar-refractivity contribution in [2.45, 2.75) is 19.9 Å². The highest BCUT2D eigenvalue weighted by Crippen LogP contribution is 2.04. The van der Waals surface area contributed by atoms with E-state index in [0.29, 0.717) is 6.04 Å². The van der Waals surface area contributed by atoms with E-state index in [1.807, 2.05) is 0 Å². The minimum atomic E-state index is 0.576. The molecule has 2 nitrogen and oxygen atoms in total. The smallest absolute Gasteiger partial charge is 0.0201 e. The molecule has 0 amide bonds. The van der Waals surface area contributed by atoms with Crippen LogP contribution in [0, 0.1) is 0 Å². The van der Waals surface area contributed by atoms with Crippen molar-refractivity contribution in [2.24, 2.45) is 0 Å². The molecular formula is C11H24N2S. The van der Waals surface area contributed by atoms with Crippen molar-refractivity contribution in [3.63, 3.8) is 0 Å². The maximum absolute atomic E-state index is 4.23. The fourth-order valence-electron chi connectivity index (χ4n) is 1.56. The second-order valence-corrected chi connectivity index (χ2v) is 4.40. The van der Waals surface area contributed by atoms with E-state index in [4.69, 9.17) is 0 Å². The third kappa shape index (κ3) is 5.68. The molecule has 0 bridgehead atoms. The second kappa shape index (κ2) is 7.32. The van der Waals surface area contributed by atoms with Crippen LogP contribution in [0.15, 0.2) is 12.2 Å². The summed E-state index contributed by atoms with van der Waals surface area (Å²) in [4.78, 5) is 4.65. The molecule has 0 aliphatic rings. The molecule has 0 saturated carbocycles. The summed E-state index contributed by atoms with van der Waals surface area (Å²) < 4.78 is 0. The van der Waals surface area contributed by atoms with Crippen molar-refractivity contribution in [1.82, 2.24) is 9.80 Å². The van der Waals surface area contributed by atoms with Gasteiger partial charge in [-0.1, -0.05) is 19.1 Å². The Hall–Kier alpha value is 0.01000. The van der Waals surface area contributed by atoms with Crippen LogP contribution in [-0.4, -0.2) is 55.3 Å². The zero-order valence-electron chi connectivity index (χ0n) is 9.95. The molecule has 0 fully saturated rings. The van der Waals surface area contributed by atoms with Gasteiger partial charge in [0, 0.05) is 24.9 Å². The van der Waals surface area contributed by atoms with Gasteiger partial charge >= 0.3 is 0 Å². The molecule has 1 unspecified atom stereocenters. The molecule has 0 radical (unpaired) electrons. The Morgan fingerprint density at radius 1 is 1.43 bits per heavy atom. The molecule has 0 heterocycles. The van der Waals surface area contributed by atoms with Gasteiger partial charge < -0.3 is 4.90 Å². The van der Waals surface area contributed by atoms with Crippen LogP contribution < -0.4 is 0 Å². The summed E-state index contributed by atoms with van der Waals surface area (Å²) in [6, 6.07) is 0.576. The maximum Gasteiger partial charge on any atom is 0.0201 e. The topological polar surface area (TPSA) is 6.48 Å². The third-order valence-corrected chi connectivity index (χ3v) is 2.76. The Morgan fingerprint density at radius 3 is 2.36 bits per heavy atom. The number of nitrogens with zero attached hydrogens (tertiary/aromatic N) is 2. The first-order chi connectivity index (χ1) is 6.51. The highest BCUT2D eigenvalue weighted by molar-refractivity contribution is 7.80. The summed E-state index contributed by atoms with van der Waals surface area (Å²) in [5.41, 5.74) is 1.20. The Kier molecular flexibility index (Phi) is 7.33. The monoisotopic (exact) mass is 216 g/mol. The minimum Gasteiger partial charge on any atom is -0.308 e. The average Bonchev–Trinajstić information content (AvgIpc) is 2.12. The van der Waals surface area contributed by atoms with E-state index in [-0.39, 0.29) is 0 Å². The van der Waals surface area contributed by atoms with E-state index in [0.717, 1.165) is 25.4 Å². The van der Waals surface area contributed by atoms with Crippen molar-refractivity contribution >= 4 is 12.6 Å². The van der Waals surface area contributed by atoms with Crippen LogP contribution in [0.3, 0.4) is 0 Å². The molecule has 1 atom stereocenters. The summed E-state index contributed by atoms with van der Waals surface area (Å²) in [5, 5.41) is 0. The zero-order chi connectivity index (χ0) is 11.1. The van der Waals surface area contributed by atoms with E-state index in [2.05, 4.69) is 57.0 Å². The molecule has 0 aromatic rings. The van der Waals surface area contributed by atoms with Crippen molar-refractivity contribution < 1.29 is 0 Å². The van der Waals surface area contributed by atoms with E-state index >= 15 is 0 Å². The highest BCUT2D eigenvalue weighted by atomic mass is 32.1. The van der Waals surface area contributed by atoms with Gasteiger partial charge in [-0.05, 0) is 27.6 Å². The zero-order valence-corrected chi connectivity index (χ0v) is 10.8. The van der Waals surface area contributed by atoms with Crippen molar-refractivity contribution in [1.29, 1.82) is 0 Å². The van der Waals surface area contributed by atoms with Gasteiger partial charge in [-0.2, -0.15) is 12.6 Å². The standard InChI is InChI=1S/C11H24N2S/c1-6-13(7-10(2)9-14)11(3)8-12(4)5/h11,14H,2,6-9H2,1,3-5H3. The molecule has 0 aliphatic heterocycles. The van der Waals surface area contributed by atoms with Crippen LogP contribution >= 0.6 is 12.6 Å². The minimum absolute atomic E-state index is 0.576. The molecule has 0 aromatic heterocycles. The molecule has 0 aliphatic carbocycles. The first-order valence-electron chi connectivity index (χ1n) is 5.17. The molecule has 0 saturated heterocycles. The Labute approximate surface area is 94.4 Å². The quantitative estimate of drug-likeness (QED) is 0.512. The summed E-state index contributed by atoms with van der Waals surface area (Å²) in [6.07, 6.45) is 0. The summed E-state index contributed by atoms with van der Waals surface area (Å²) in [7, 11) is 4.22. The number of likely N-dealkylation sites (N-methyl/N-ethyl adjacent to an activating group) is 2. The van der Waals surface area contributed by atoms with Crippen molar-refractivity contribution in [3.05, 3.63) is 12.2 Å². The Morgan fingerprint density at radius 2 is 2.00 bits per heavy atom. The normalized spacial score (nSPS) is 13.6. The largest absolute Gasteiger partial charge is 0.308 e. The van der Waals surface area contributed by atoms with Gasteiger partial charge in [0.05, 0.1) is 0 Å². The lowest BCUT2D eigenvalue weighted by atomic mass is 10.2. The van der Waals surface area contributed by atoms with Crippen molar-refractivity contribution in [3.8, 4) is 0 Å². The summed E-state index contributed by atoms with van der Waals surface area (Å²) in [5.74, 6) is 0.783. The molecule has 0 N–H and O–H groups in total. The second-order valence-electron chi connectivity index (χ2n) is 4.08. The van der Waals surface area contributed by atoms with Gasteiger partial charge in [0.15, 0.2) is 0 Å². The molecule has 14 heavy (non-hydrogen) atoms. The summed E-state index contributed by atoms with van der Waals surface area (Å²) in [6.45, 7) is 11.6. The number of hydrogen-bond acceptors (Lipinski definition) is 3. The highest BCUT2D eigenvalue weighted by Gasteiger charge is 2.12. The Bertz CT molecular complexity index is 169. The van der Waals surface area contributed by atoms with Crippen LogP contribution in [0.4, 0.5) is 0 Å². The van der Waals surface area contributed by atoms with Gasteiger partial charge in [0.1, 0.15) is 0 Å². The number of thiol groups is 1. The van der Waals surface area contributed by atoms with Crippen LogP contribution in [0.5, 0.6) is 0 Å². The lowest BCUT2D eigenvalue weighted by Gasteiger charge is -2.30. The van der Waals surface area contributed by atoms with Crippen LogP contribution in [0.1, 0.15) is 13.8 Å². The molecule has 3 heteroatoms. The van der Waals surface area contributed by atoms with E-state index < -0.39 is 0 Å². The van der Waals surface area contributed by atoms with E-state index in [9.17, 15) is 0 Å². The molecule has 0 aromatic carbocycles. The first-order valence-corrected chi connectivity index (χ1v) is 5.80. The van der Waals surface area contributed by atoms with Crippen LogP contribution in [0.2, 0.25) is 0 Å². The molecular weight excluding hydrogens is 192 g/mol. The fraction of sp³-hybridized carbons (Fsp3) is 0.818. The fourth-order valence-corrected chi connectivity index (χ4v) is 1.66. The maximum atomic E-state index is 4.23. The number of hydrogen-bond donors (Lipinski definition) is 1.